The van der Waals surface area contributed by atoms with Crippen LogP contribution in [0.5, 0.6) is 5.75 Å². The summed E-state index contributed by atoms with van der Waals surface area (Å²) < 4.78 is 76.7. The Kier molecular flexibility index (Phi) is 34.2. The number of rotatable bonds is 40. The van der Waals surface area contributed by atoms with Crippen LogP contribution in [0.15, 0.2) is 24.3 Å². The number of amides is 1. The standard InChI is InChI=1S/C38H70N2O15/c1-38(2,3)55-37(41)40(4)9-10-42-11-12-43-13-14-44-15-16-45-17-18-46-19-20-47-21-22-48-23-24-49-25-26-50-27-28-51-29-30-52-31-32-53-33-34-54-36-7-5-35(39)6-8-36/h5-8H,9-34,39H2,1-4H3. The highest BCUT2D eigenvalue weighted by Gasteiger charge is 2.19. The molecule has 0 aliphatic heterocycles. The molecule has 1 amide bonds. The van der Waals surface area contributed by atoms with Gasteiger partial charge in [-0.3, -0.25) is 0 Å². The molecule has 0 radical (unpaired) electrons. The Bertz CT molecular complexity index is 972. The number of carbonyl (C=O) groups is 1. The molecule has 1 aromatic carbocycles. The molecule has 0 aliphatic carbocycles. The number of likely N-dealkylation sites (N-methyl/N-ethyl adjacent to an activating group) is 1. The van der Waals surface area contributed by atoms with E-state index in [1.54, 1.807) is 19.2 Å². The second-order valence-corrected chi connectivity index (χ2v) is 12.7. The van der Waals surface area contributed by atoms with E-state index in [2.05, 4.69) is 0 Å². The minimum absolute atomic E-state index is 0.367. The molecule has 0 aliphatic rings. The van der Waals surface area contributed by atoms with Crippen LogP contribution in [-0.2, 0) is 61.6 Å². The summed E-state index contributed by atoms with van der Waals surface area (Å²) >= 11 is 0. The fraction of sp³-hybridized carbons (Fsp3) is 0.816. The second kappa shape index (κ2) is 37.2. The third-order valence-electron chi connectivity index (χ3n) is 6.74. The van der Waals surface area contributed by atoms with Crippen molar-refractivity contribution in [2.75, 3.05) is 184 Å². The summed E-state index contributed by atoms with van der Waals surface area (Å²) in [6, 6.07) is 7.25. The molecule has 0 heterocycles. The number of hydrogen-bond donors (Lipinski definition) is 1. The fourth-order valence-electron chi connectivity index (χ4n) is 3.94. The van der Waals surface area contributed by atoms with Gasteiger partial charge in [0.05, 0.1) is 159 Å². The molecule has 0 unspecified atom stereocenters. The lowest BCUT2D eigenvalue weighted by molar-refractivity contribution is -0.0287. The van der Waals surface area contributed by atoms with Crippen molar-refractivity contribution >= 4 is 11.8 Å². The summed E-state index contributed by atoms with van der Waals surface area (Å²) in [5.74, 6) is 0.767. The number of carbonyl (C=O) groups excluding carboxylic acids is 1. The SMILES string of the molecule is CN(CCOCCOCCOCCOCCOCCOCCOCCOCCOCCOCCOCCOCCOc1ccc(N)cc1)C(=O)OC(C)(C)C. The van der Waals surface area contributed by atoms with Crippen LogP contribution in [0.25, 0.3) is 0 Å². The molecule has 2 N–H and O–H groups in total. The van der Waals surface area contributed by atoms with Gasteiger partial charge in [0.1, 0.15) is 18.0 Å². The molecule has 0 saturated carbocycles. The number of benzene rings is 1. The van der Waals surface area contributed by atoms with Gasteiger partial charge in [0.25, 0.3) is 0 Å². The third kappa shape index (κ3) is 37.0. The third-order valence-corrected chi connectivity index (χ3v) is 6.74. The first-order valence-corrected chi connectivity index (χ1v) is 19.1. The number of ether oxygens (including phenoxy) is 14. The first-order valence-electron chi connectivity index (χ1n) is 19.1. The number of anilines is 1. The zero-order chi connectivity index (χ0) is 39.9. The predicted octanol–water partition coefficient (Wildman–Crippen LogP) is 2.71. The number of nitrogens with zero attached hydrogens (tertiary/aromatic N) is 1. The van der Waals surface area contributed by atoms with Crippen molar-refractivity contribution in [3.05, 3.63) is 24.3 Å². The van der Waals surface area contributed by atoms with Crippen LogP contribution < -0.4 is 10.5 Å². The van der Waals surface area contributed by atoms with Crippen LogP contribution in [-0.4, -0.2) is 195 Å². The molecule has 55 heavy (non-hydrogen) atoms. The molecule has 0 bridgehead atoms. The monoisotopic (exact) mass is 794 g/mol. The Hall–Kier alpha value is -2.39. The van der Waals surface area contributed by atoms with Gasteiger partial charge >= 0.3 is 6.09 Å². The quantitative estimate of drug-likeness (QED) is 0.0758. The lowest BCUT2D eigenvalue weighted by atomic mass is 10.2. The van der Waals surface area contributed by atoms with Crippen molar-refractivity contribution in [1.82, 2.24) is 4.90 Å². The minimum Gasteiger partial charge on any atom is -0.491 e. The highest BCUT2D eigenvalue weighted by molar-refractivity contribution is 5.67. The van der Waals surface area contributed by atoms with E-state index in [0.717, 1.165) is 5.75 Å². The molecule has 17 heteroatoms. The van der Waals surface area contributed by atoms with Crippen LogP contribution in [0.3, 0.4) is 0 Å². The van der Waals surface area contributed by atoms with E-state index in [0.29, 0.717) is 177 Å². The predicted molar refractivity (Wildman–Crippen MR) is 205 cm³/mol. The van der Waals surface area contributed by atoms with Gasteiger partial charge in [0, 0.05) is 19.3 Å². The largest absolute Gasteiger partial charge is 0.491 e. The molecular weight excluding hydrogens is 724 g/mol. The van der Waals surface area contributed by atoms with E-state index >= 15 is 0 Å². The smallest absolute Gasteiger partial charge is 0.410 e. The van der Waals surface area contributed by atoms with E-state index < -0.39 is 5.60 Å². The van der Waals surface area contributed by atoms with Gasteiger partial charge in [-0.15, -0.1) is 0 Å². The Morgan fingerprint density at radius 3 is 0.982 bits per heavy atom. The number of hydrogen-bond acceptors (Lipinski definition) is 16. The molecule has 0 spiro atoms. The maximum Gasteiger partial charge on any atom is 0.410 e. The molecule has 1 aromatic rings. The highest BCUT2D eigenvalue weighted by atomic mass is 16.6. The minimum atomic E-state index is -0.514. The average molecular weight is 795 g/mol. The summed E-state index contributed by atoms with van der Waals surface area (Å²) in [4.78, 5) is 13.4. The number of nitrogen functional groups attached to an aromatic ring is 1. The Labute approximate surface area is 328 Å². The molecule has 0 saturated heterocycles. The maximum absolute atomic E-state index is 11.9. The number of nitrogens with two attached hydrogens (primary N) is 1. The van der Waals surface area contributed by atoms with Crippen molar-refractivity contribution in [1.29, 1.82) is 0 Å². The van der Waals surface area contributed by atoms with E-state index in [9.17, 15) is 4.79 Å². The first-order chi connectivity index (χ1) is 26.8. The summed E-state index contributed by atoms with van der Waals surface area (Å²) in [6.45, 7) is 18.0. The van der Waals surface area contributed by atoms with Gasteiger partial charge in [-0.2, -0.15) is 0 Å². The molecule has 322 valence electrons. The molecular formula is C38H70N2O15. The van der Waals surface area contributed by atoms with Crippen LogP contribution in [0, 0.1) is 0 Å². The Balaban J connectivity index is 1.64. The van der Waals surface area contributed by atoms with Gasteiger partial charge in [0.15, 0.2) is 0 Å². The van der Waals surface area contributed by atoms with Gasteiger partial charge in [0.2, 0.25) is 0 Å². The average Bonchev–Trinajstić information content (AvgIpc) is 3.15. The zero-order valence-electron chi connectivity index (χ0n) is 33.8. The van der Waals surface area contributed by atoms with Crippen molar-refractivity contribution in [2.24, 2.45) is 0 Å². The van der Waals surface area contributed by atoms with Gasteiger partial charge in [-0.1, -0.05) is 0 Å². The van der Waals surface area contributed by atoms with Gasteiger partial charge in [-0.25, -0.2) is 4.79 Å². The summed E-state index contributed by atoms with van der Waals surface area (Å²) in [5.41, 5.74) is 5.84. The first kappa shape index (κ1) is 50.6. The fourth-order valence-corrected chi connectivity index (χ4v) is 3.94. The second-order valence-electron chi connectivity index (χ2n) is 12.7. The lowest BCUT2D eigenvalue weighted by Crippen LogP contribution is -2.36. The highest BCUT2D eigenvalue weighted by Crippen LogP contribution is 2.12. The van der Waals surface area contributed by atoms with Crippen LogP contribution in [0.2, 0.25) is 0 Å². The molecule has 0 atom stereocenters. The molecule has 0 aromatic heterocycles. The van der Waals surface area contributed by atoms with E-state index in [1.807, 2.05) is 32.9 Å². The van der Waals surface area contributed by atoms with Crippen molar-refractivity contribution < 1.29 is 71.1 Å². The zero-order valence-corrected chi connectivity index (χ0v) is 33.8. The van der Waals surface area contributed by atoms with E-state index in [1.165, 1.54) is 4.90 Å². The van der Waals surface area contributed by atoms with Crippen molar-refractivity contribution in [3.63, 3.8) is 0 Å². The Morgan fingerprint density at radius 1 is 0.455 bits per heavy atom. The van der Waals surface area contributed by atoms with Crippen molar-refractivity contribution in [2.45, 2.75) is 26.4 Å². The maximum atomic E-state index is 11.9. The van der Waals surface area contributed by atoms with E-state index in [4.69, 9.17) is 72.0 Å². The van der Waals surface area contributed by atoms with Gasteiger partial charge in [-0.05, 0) is 45.0 Å². The summed E-state index contributed by atoms with van der Waals surface area (Å²) in [7, 11) is 1.68. The Morgan fingerprint density at radius 2 is 0.709 bits per heavy atom. The molecule has 1 rings (SSSR count). The van der Waals surface area contributed by atoms with Crippen LogP contribution >= 0.6 is 0 Å². The normalized spacial score (nSPS) is 11.6. The summed E-state index contributed by atoms with van der Waals surface area (Å²) in [6.07, 6.45) is -0.367. The van der Waals surface area contributed by atoms with Crippen molar-refractivity contribution in [3.8, 4) is 5.75 Å². The molecule has 17 nitrogen and oxygen atoms in total. The topological polar surface area (TPSA) is 176 Å². The molecule has 0 fully saturated rings. The van der Waals surface area contributed by atoms with Gasteiger partial charge < -0.3 is 76.9 Å². The lowest BCUT2D eigenvalue weighted by Gasteiger charge is -2.24. The summed E-state index contributed by atoms with van der Waals surface area (Å²) in [5, 5.41) is 0. The van der Waals surface area contributed by atoms with E-state index in [-0.39, 0.29) is 6.09 Å². The van der Waals surface area contributed by atoms with Crippen LogP contribution in [0.4, 0.5) is 10.5 Å². The van der Waals surface area contributed by atoms with Crippen LogP contribution in [0.1, 0.15) is 20.8 Å².